The van der Waals surface area contributed by atoms with Crippen LogP contribution in [0, 0.1) is 11.8 Å². The van der Waals surface area contributed by atoms with Crippen LogP contribution in [-0.2, 0) is 0 Å². The summed E-state index contributed by atoms with van der Waals surface area (Å²) >= 11 is 0. The number of hydrogen-bond donors (Lipinski definition) is 1. The van der Waals surface area contributed by atoms with Crippen LogP contribution in [0.1, 0.15) is 46.0 Å². The average molecular weight is 167 g/mol. The monoisotopic (exact) mass is 167 g/mol. The molecule has 0 aromatic rings. The summed E-state index contributed by atoms with van der Waals surface area (Å²) in [5, 5.41) is 3.80. The van der Waals surface area contributed by atoms with Crippen LogP contribution in [0.15, 0.2) is 0 Å². The highest BCUT2D eigenvalue weighted by molar-refractivity contribution is 4.94. The molecule has 1 nitrogen and oxygen atoms in total. The Labute approximate surface area is 75.9 Å². The van der Waals surface area contributed by atoms with E-state index in [4.69, 9.17) is 0 Å². The second kappa shape index (κ2) is 3.37. The maximum absolute atomic E-state index is 3.80. The molecule has 0 radical (unpaired) electrons. The zero-order valence-electron chi connectivity index (χ0n) is 8.34. The van der Waals surface area contributed by atoms with Gasteiger partial charge in [0.05, 0.1) is 0 Å². The van der Waals surface area contributed by atoms with Crippen molar-refractivity contribution in [2.24, 2.45) is 11.8 Å². The molecule has 2 aliphatic carbocycles. The number of nitrogens with one attached hydrogen (secondary N) is 1. The third kappa shape index (κ3) is 1.66. The second-order valence-corrected chi connectivity index (χ2v) is 4.69. The smallest absolute Gasteiger partial charge is 0.00990 e. The van der Waals surface area contributed by atoms with Gasteiger partial charge in [0.1, 0.15) is 0 Å². The summed E-state index contributed by atoms with van der Waals surface area (Å²) in [7, 11) is 0. The van der Waals surface area contributed by atoms with Gasteiger partial charge < -0.3 is 5.32 Å². The number of hydrogen-bond acceptors (Lipinski definition) is 1. The molecule has 12 heavy (non-hydrogen) atoms. The Morgan fingerprint density at radius 3 is 2.58 bits per heavy atom. The van der Waals surface area contributed by atoms with Crippen molar-refractivity contribution in [1.29, 1.82) is 0 Å². The van der Waals surface area contributed by atoms with Crippen LogP contribution in [0.3, 0.4) is 0 Å². The van der Waals surface area contributed by atoms with Gasteiger partial charge in [-0.05, 0) is 31.1 Å². The van der Waals surface area contributed by atoms with Gasteiger partial charge in [-0.15, -0.1) is 0 Å². The van der Waals surface area contributed by atoms with Gasteiger partial charge in [0.25, 0.3) is 0 Å². The third-order valence-corrected chi connectivity index (χ3v) is 3.72. The first-order valence-electron chi connectivity index (χ1n) is 5.57. The molecule has 4 atom stereocenters. The van der Waals surface area contributed by atoms with E-state index in [-0.39, 0.29) is 0 Å². The Morgan fingerprint density at radius 2 is 2.00 bits per heavy atom. The Kier molecular flexibility index (Phi) is 2.40. The van der Waals surface area contributed by atoms with Gasteiger partial charge in [0.2, 0.25) is 0 Å². The fourth-order valence-electron chi connectivity index (χ4n) is 2.57. The largest absolute Gasteiger partial charge is 0.311 e. The van der Waals surface area contributed by atoms with Crippen molar-refractivity contribution in [2.45, 2.75) is 58.0 Å². The van der Waals surface area contributed by atoms with E-state index in [1.54, 1.807) is 0 Å². The highest BCUT2D eigenvalue weighted by Gasteiger charge is 2.36. The van der Waals surface area contributed by atoms with Gasteiger partial charge in [0.15, 0.2) is 0 Å². The van der Waals surface area contributed by atoms with Gasteiger partial charge in [-0.1, -0.05) is 26.7 Å². The van der Waals surface area contributed by atoms with E-state index >= 15 is 0 Å². The first-order valence-corrected chi connectivity index (χ1v) is 5.57. The molecule has 2 aliphatic rings. The van der Waals surface area contributed by atoms with Crippen molar-refractivity contribution in [3.63, 3.8) is 0 Å². The van der Waals surface area contributed by atoms with E-state index in [0.29, 0.717) is 0 Å². The Bertz CT molecular complexity index is 155. The van der Waals surface area contributed by atoms with Crippen LogP contribution < -0.4 is 5.32 Å². The van der Waals surface area contributed by atoms with Gasteiger partial charge in [0, 0.05) is 12.1 Å². The zero-order chi connectivity index (χ0) is 8.55. The minimum absolute atomic E-state index is 0.866. The van der Waals surface area contributed by atoms with Gasteiger partial charge >= 0.3 is 0 Å². The highest BCUT2D eigenvalue weighted by atomic mass is 15.0. The fourth-order valence-corrected chi connectivity index (χ4v) is 2.57. The van der Waals surface area contributed by atoms with Crippen LogP contribution in [0.4, 0.5) is 0 Å². The lowest BCUT2D eigenvalue weighted by Gasteiger charge is -2.19. The lowest BCUT2D eigenvalue weighted by Crippen LogP contribution is -2.34. The predicted octanol–water partition coefficient (Wildman–Crippen LogP) is 2.56. The van der Waals surface area contributed by atoms with Crippen LogP contribution in [-0.4, -0.2) is 12.1 Å². The molecule has 0 saturated heterocycles. The molecule has 0 spiro atoms. The molecule has 0 aliphatic heterocycles. The molecular formula is C11H21N. The Morgan fingerprint density at radius 1 is 1.25 bits per heavy atom. The van der Waals surface area contributed by atoms with Crippen molar-refractivity contribution in [3.8, 4) is 0 Å². The average Bonchev–Trinajstić information content (AvgIpc) is 2.62. The van der Waals surface area contributed by atoms with E-state index in [1.165, 1.54) is 32.1 Å². The SMILES string of the molecule is CCC1CCCC1NC1CC1C. The third-order valence-electron chi connectivity index (χ3n) is 3.72. The van der Waals surface area contributed by atoms with E-state index in [1.807, 2.05) is 0 Å². The van der Waals surface area contributed by atoms with Gasteiger partial charge in [-0.2, -0.15) is 0 Å². The quantitative estimate of drug-likeness (QED) is 0.681. The van der Waals surface area contributed by atoms with Crippen LogP contribution in [0.25, 0.3) is 0 Å². The topological polar surface area (TPSA) is 12.0 Å². The minimum atomic E-state index is 0.866. The summed E-state index contributed by atoms with van der Waals surface area (Å²) < 4.78 is 0. The molecule has 2 saturated carbocycles. The van der Waals surface area contributed by atoms with Crippen molar-refractivity contribution in [2.75, 3.05) is 0 Å². The molecule has 0 aromatic heterocycles. The zero-order valence-corrected chi connectivity index (χ0v) is 8.34. The van der Waals surface area contributed by atoms with Crippen LogP contribution in [0.2, 0.25) is 0 Å². The fraction of sp³-hybridized carbons (Fsp3) is 1.00. The van der Waals surface area contributed by atoms with Crippen molar-refractivity contribution in [1.82, 2.24) is 5.32 Å². The molecule has 70 valence electrons. The van der Waals surface area contributed by atoms with E-state index in [2.05, 4.69) is 19.2 Å². The van der Waals surface area contributed by atoms with Gasteiger partial charge in [-0.25, -0.2) is 0 Å². The molecule has 0 aromatic carbocycles. The lowest BCUT2D eigenvalue weighted by molar-refractivity contribution is 0.383. The molecule has 0 heterocycles. The molecule has 4 unspecified atom stereocenters. The molecular weight excluding hydrogens is 146 g/mol. The Balaban J connectivity index is 1.78. The van der Waals surface area contributed by atoms with E-state index in [0.717, 1.165) is 23.9 Å². The molecule has 0 bridgehead atoms. The lowest BCUT2D eigenvalue weighted by atomic mass is 10.0. The summed E-state index contributed by atoms with van der Waals surface area (Å²) in [6.07, 6.45) is 7.15. The molecule has 2 fully saturated rings. The number of rotatable bonds is 3. The van der Waals surface area contributed by atoms with Crippen molar-refractivity contribution < 1.29 is 0 Å². The van der Waals surface area contributed by atoms with Crippen LogP contribution >= 0.6 is 0 Å². The summed E-state index contributed by atoms with van der Waals surface area (Å²) in [6, 6.07) is 1.74. The minimum Gasteiger partial charge on any atom is -0.311 e. The molecule has 2 rings (SSSR count). The molecule has 1 heteroatoms. The van der Waals surface area contributed by atoms with E-state index in [9.17, 15) is 0 Å². The summed E-state index contributed by atoms with van der Waals surface area (Å²) in [6.45, 7) is 4.69. The summed E-state index contributed by atoms with van der Waals surface area (Å²) in [5.74, 6) is 1.95. The normalized spacial score (nSPS) is 46.5. The maximum Gasteiger partial charge on any atom is 0.00990 e. The van der Waals surface area contributed by atoms with Crippen molar-refractivity contribution >= 4 is 0 Å². The Hall–Kier alpha value is -0.0400. The predicted molar refractivity (Wildman–Crippen MR) is 52.1 cm³/mol. The first kappa shape index (κ1) is 8.55. The van der Waals surface area contributed by atoms with E-state index < -0.39 is 0 Å². The van der Waals surface area contributed by atoms with Crippen LogP contribution in [0.5, 0.6) is 0 Å². The van der Waals surface area contributed by atoms with Gasteiger partial charge in [-0.3, -0.25) is 0 Å². The molecule has 0 amide bonds. The maximum atomic E-state index is 3.80. The standard InChI is InChI=1S/C11H21N/c1-3-9-5-4-6-10(9)12-11-7-8(11)2/h8-12H,3-7H2,1-2H3. The molecule has 1 N–H and O–H groups in total. The first-order chi connectivity index (χ1) is 5.81. The van der Waals surface area contributed by atoms with Crippen molar-refractivity contribution in [3.05, 3.63) is 0 Å². The highest BCUT2D eigenvalue weighted by Crippen LogP contribution is 2.34. The summed E-state index contributed by atoms with van der Waals surface area (Å²) in [4.78, 5) is 0. The second-order valence-electron chi connectivity index (χ2n) is 4.69. The summed E-state index contributed by atoms with van der Waals surface area (Å²) in [5.41, 5.74) is 0.